The van der Waals surface area contributed by atoms with Crippen molar-refractivity contribution in [3.8, 4) is 0 Å². The summed E-state index contributed by atoms with van der Waals surface area (Å²) in [6.45, 7) is 0.467. The predicted octanol–water partition coefficient (Wildman–Crippen LogP) is 1.96. The van der Waals surface area contributed by atoms with Gasteiger partial charge in [-0.25, -0.2) is 0 Å². The lowest BCUT2D eigenvalue weighted by molar-refractivity contribution is -0.137. The van der Waals surface area contributed by atoms with Crippen molar-refractivity contribution in [3.05, 3.63) is 77.9 Å². The summed E-state index contributed by atoms with van der Waals surface area (Å²) in [5.41, 5.74) is 13.0. The Hall–Kier alpha value is -4.84. The zero-order valence-corrected chi connectivity index (χ0v) is 25.3. The minimum Gasteiger partial charge on any atom is -0.392 e. The number of hydrogen-bond donors (Lipinski definition) is 5. The van der Waals surface area contributed by atoms with Crippen LogP contribution < -0.4 is 22.1 Å². The number of nitrogens with two attached hydrogens (primary N) is 2. The minimum absolute atomic E-state index is 0.0586. The first-order valence-corrected chi connectivity index (χ1v) is 15.1. The van der Waals surface area contributed by atoms with Gasteiger partial charge >= 0.3 is 0 Å². The number of rotatable bonds is 19. The number of imide groups is 1. The molecule has 1 aliphatic rings. The zero-order chi connectivity index (χ0) is 32.6. The molecule has 2 aromatic carbocycles. The lowest BCUT2D eigenvalue weighted by Gasteiger charge is -2.22. The normalized spacial score (nSPS) is 13.8. The minimum atomic E-state index is -0.845. The molecule has 3 rings (SSSR count). The molecular weight excluding hydrogens is 576 g/mol. The summed E-state index contributed by atoms with van der Waals surface area (Å²) < 4.78 is 0. The molecule has 1 aliphatic heterocycles. The molecular formula is C33H42N6O6. The fraction of sp³-hybridized carbons (Fsp3) is 0.394. The summed E-state index contributed by atoms with van der Waals surface area (Å²) in [7, 11) is 0. The summed E-state index contributed by atoms with van der Waals surface area (Å²) in [4.78, 5) is 68.5. The molecule has 0 unspecified atom stereocenters. The van der Waals surface area contributed by atoms with Crippen molar-refractivity contribution in [1.82, 2.24) is 10.2 Å². The molecule has 0 aromatic heterocycles. The number of nitrogens with zero attached hydrogens (tertiary/aromatic N) is 2. The Balaban J connectivity index is 1.63. The van der Waals surface area contributed by atoms with Crippen molar-refractivity contribution in [3.63, 3.8) is 0 Å². The second kappa shape index (κ2) is 18.1. The Kier molecular flexibility index (Phi) is 13.9. The number of amides is 4. The molecule has 2 atom stereocenters. The average molecular weight is 619 g/mol. The van der Waals surface area contributed by atoms with Crippen molar-refractivity contribution >= 4 is 41.1 Å². The van der Waals surface area contributed by atoms with Crippen LogP contribution in [-0.2, 0) is 37.0 Å². The van der Waals surface area contributed by atoms with E-state index in [1.807, 2.05) is 30.3 Å². The number of Topliss-reactive ketones (excluding diaryl/α,β-unsaturated/α-hetero) is 1. The Morgan fingerprint density at radius 2 is 1.56 bits per heavy atom. The molecule has 0 aliphatic carbocycles. The maximum atomic E-state index is 13.7. The molecule has 12 nitrogen and oxygen atoms in total. The molecule has 0 saturated heterocycles. The van der Waals surface area contributed by atoms with Crippen LogP contribution >= 0.6 is 0 Å². The first-order chi connectivity index (χ1) is 21.7. The third-order valence-corrected chi connectivity index (χ3v) is 7.42. The van der Waals surface area contributed by atoms with Gasteiger partial charge in [-0.05, 0) is 55.4 Å². The fourth-order valence-corrected chi connectivity index (χ4v) is 4.94. The highest BCUT2D eigenvalue weighted by Crippen LogP contribution is 2.19. The van der Waals surface area contributed by atoms with Crippen molar-refractivity contribution < 1.29 is 29.1 Å². The Morgan fingerprint density at radius 1 is 0.867 bits per heavy atom. The van der Waals surface area contributed by atoms with E-state index < -0.39 is 12.0 Å². The number of guanidine groups is 1. The van der Waals surface area contributed by atoms with Crippen LogP contribution in [0.2, 0.25) is 0 Å². The van der Waals surface area contributed by atoms with Crippen molar-refractivity contribution in [2.24, 2.45) is 22.4 Å². The van der Waals surface area contributed by atoms with Gasteiger partial charge in [0.1, 0.15) is 0 Å². The smallest absolute Gasteiger partial charge is 0.253 e. The monoisotopic (exact) mass is 618 g/mol. The Labute approximate surface area is 262 Å². The summed E-state index contributed by atoms with van der Waals surface area (Å²) >= 11 is 0. The van der Waals surface area contributed by atoms with Gasteiger partial charge in [0, 0.05) is 49.7 Å². The van der Waals surface area contributed by atoms with Crippen LogP contribution in [-0.4, -0.2) is 64.5 Å². The van der Waals surface area contributed by atoms with Gasteiger partial charge in [0.2, 0.25) is 11.8 Å². The van der Waals surface area contributed by atoms with Gasteiger partial charge in [0.15, 0.2) is 11.7 Å². The molecule has 12 heteroatoms. The number of anilines is 1. The summed E-state index contributed by atoms with van der Waals surface area (Å²) in [6, 6.07) is 15.2. The predicted molar refractivity (Wildman–Crippen MR) is 170 cm³/mol. The van der Waals surface area contributed by atoms with Crippen molar-refractivity contribution in [2.45, 2.75) is 64.0 Å². The van der Waals surface area contributed by atoms with Gasteiger partial charge < -0.3 is 27.2 Å². The van der Waals surface area contributed by atoms with E-state index in [4.69, 9.17) is 11.5 Å². The number of benzene rings is 2. The van der Waals surface area contributed by atoms with Crippen LogP contribution in [0.4, 0.5) is 5.69 Å². The molecule has 7 N–H and O–H groups in total. The highest BCUT2D eigenvalue weighted by molar-refractivity contribution is 6.12. The fourth-order valence-electron chi connectivity index (χ4n) is 4.94. The Bertz CT molecular complexity index is 1350. The SMILES string of the molecule is NC(N)=NCCC[C@H](CC(=O)[C@H](Cc1ccccc1)NC(=O)CCCCCN1C(=O)C=CC1=O)C(=O)Nc1ccc(CO)cc1. The van der Waals surface area contributed by atoms with E-state index in [0.29, 0.717) is 56.4 Å². The van der Waals surface area contributed by atoms with Crippen LogP contribution in [0, 0.1) is 5.92 Å². The second-order valence-electron chi connectivity index (χ2n) is 10.9. The quantitative estimate of drug-likeness (QED) is 0.0681. The van der Waals surface area contributed by atoms with Gasteiger partial charge in [-0.2, -0.15) is 0 Å². The third kappa shape index (κ3) is 12.0. The van der Waals surface area contributed by atoms with Crippen molar-refractivity contribution in [1.29, 1.82) is 0 Å². The van der Waals surface area contributed by atoms with E-state index in [9.17, 15) is 29.1 Å². The number of unbranched alkanes of at least 4 members (excludes halogenated alkanes) is 2. The number of aliphatic imine (C=N–C) groups is 1. The number of nitrogens with one attached hydrogen (secondary N) is 2. The summed E-state index contributed by atoms with van der Waals surface area (Å²) in [5.74, 6) is -2.34. The zero-order valence-electron chi connectivity index (χ0n) is 25.3. The van der Waals surface area contributed by atoms with Crippen LogP contribution in [0.3, 0.4) is 0 Å². The number of ketones is 1. The van der Waals surface area contributed by atoms with E-state index in [0.717, 1.165) is 5.56 Å². The van der Waals surface area contributed by atoms with E-state index >= 15 is 0 Å². The van der Waals surface area contributed by atoms with Crippen molar-refractivity contribution in [2.75, 3.05) is 18.4 Å². The average Bonchev–Trinajstić information content (AvgIpc) is 3.35. The molecule has 0 spiro atoms. The molecule has 0 radical (unpaired) electrons. The van der Waals surface area contributed by atoms with Crippen LogP contribution in [0.5, 0.6) is 0 Å². The highest BCUT2D eigenvalue weighted by atomic mass is 16.3. The molecule has 2 aromatic rings. The lowest BCUT2D eigenvalue weighted by atomic mass is 9.91. The molecule has 45 heavy (non-hydrogen) atoms. The molecule has 1 heterocycles. The van der Waals surface area contributed by atoms with Gasteiger partial charge in [-0.1, -0.05) is 48.9 Å². The number of aliphatic hydroxyl groups excluding tert-OH is 1. The summed E-state index contributed by atoms with van der Waals surface area (Å²) in [6.07, 6.45) is 5.34. The third-order valence-electron chi connectivity index (χ3n) is 7.42. The molecule has 240 valence electrons. The maximum Gasteiger partial charge on any atom is 0.253 e. The number of aliphatic hydroxyl groups is 1. The molecule has 0 bridgehead atoms. The van der Waals surface area contributed by atoms with Crippen LogP contribution in [0.25, 0.3) is 0 Å². The topological polar surface area (TPSA) is 197 Å². The van der Waals surface area contributed by atoms with Gasteiger partial charge in [-0.3, -0.25) is 33.9 Å². The van der Waals surface area contributed by atoms with E-state index in [1.165, 1.54) is 17.1 Å². The first-order valence-electron chi connectivity index (χ1n) is 15.1. The Morgan fingerprint density at radius 3 is 2.20 bits per heavy atom. The van der Waals surface area contributed by atoms with Gasteiger partial charge in [-0.15, -0.1) is 0 Å². The number of carbonyl (C=O) groups is 5. The number of carbonyl (C=O) groups excluding carboxylic acids is 5. The second-order valence-corrected chi connectivity index (χ2v) is 10.9. The van der Waals surface area contributed by atoms with E-state index in [1.54, 1.807) is 24.3 Å². The van der Waals surface area contributed by atoms with E-state index in [-0.39, 0.29) is 61.2 Å². The number of hydrogen-bond acceptors (Lipinski definition) is 7. The van der Waals surface area contributed by atoms with E-state index in [2.05, 4.69) is 15.6 Å². The van der Waals surface area contributed by atoms with Crippen LogP contribution in [0.1, 0.15) is 56.1 Å². The molecule has 0 saturated carbocycles. The maximum absolute atomic E-state index is 13.7. The lowest BCUT2D eigenvalue weighted by Crippen LogP contribution is -2.43. The molecule has 0 fully saturated rings. The standard InChI is InChI=1S/C33H42N6O6/c34-33(35)36-18-7-10-25(32(45)37-26-14-12-24(22-40)13-15-26)21-28(41)27(20-23-8-3-1-4-9-23)38-29(42)11-5-2-6-19-39-30(43)16-17-31(39)44/h1,3-4,8-9,12-17,25,27,40H,2,5-7,10-11,18-22H2,(H,37,45)(H,38,42)(H4,34,35,36)/t25-,27+/m1/s1. The molecule has 4 amide bonds. The van der Waals surface area contributed by atoms with Crippen LogP contribution in [0.15, 0.2) is 71.7 Å². The largest absolute Gasteiger partial charge is 0.392 e. The van der Waals surface area contributed by atoms with Gasteiger partial charge in [0.25, 0.3) is 11.8 Å². The summed E-state index contributed by atoms with van der Waals surface area (Å²) in [5, 5.41) is 15.0. The highest BCUT2D eigenvalue weighted by Gasteiger charge is 2.28. The van der Waals surface area contributed by atoms with Gasteiger partial charge in [0.05, 0.1) is 12.6 Å². The first kappa shape index (κ1) is 34.6.